The number of benzene rings is 3. The first-order chi connectivity index (χ1) is 34.8. The third-order valence-corrected chi connectivity index (χ3v) is 15.7. The van der Waals surface area contributed by atoms with Gasteiger partial charge in [-0.25, -0.2) is 15.0 Å². The summed E-state index contributed by atoms with van der Waals surface area (Å²) in [4.78, 5) is 51.4. The van der Waals surface area contributed by atoms with E-state index < -0.39 is 5.50 Å². The van der Waals surface area contributed by atoms with Gasteiger partial charge in [-0.05, 0) is 94.5 Å². The number of rotatable bonds is 16. The van der Waals surface area contributed by atoms with Gasteiger partial charge >= 0.3 is 0 Å². The number of amides is 2. The number of para-hydroxylation sites is 1. The van der Waals surface area contributed by atoms with E-state index in [9.17, 15) is 4.79 Å². The average Bonchev–Trinajstić information content (AvgIpc) is 4.08. The first-order valence-electron chi connectivity index (χ1n) is 24.9. The minimum atomic E-state index is -0.776. The van der Waals surface area contributed by atoms with Crippen molar-refractivity contribution < 1.29 is 23.8 Å². The number of morpholine rings is 1. The van der Waals surface area contributed by atoms with Crippen molar-refractivity contribution in [3.63, 3.8) is 0 Å². The third kappa shape index (κ3) is 9.60. The molecule has 4 aromatic heterocycles. The van der Waals surface area contributed by atoms with Crippen molar-refractivity contribution in [2.45, 2.75) is 78.6 Å². The van der Waals surface area contributed by atoms with E-state index in [4.69, 9.17) is 52.5 Å². The highest BCUT2D eigenvalue weighted by Crippen LogP contribution is 2.46. The number of methoxy groups -OCH3 is 1. The van der Waals surface area contributed by atoms with Crippen LogP contribution in [0.4, 0.5) is 5.69 Å². The summed E-state index contributed by atoms with van der Waals surface area (Å²) in [5, 5.41) is 7.36. The maximum atomic E-state index is 15.9. The number of aromatic nitrogens is 7. The molecule has 3 aromatic carbocycles. The summed E-state index contributed by atoms with van der Waals surface area (Å²) in [6.45, 7) is 18.5. The quantitative estimate of drug-likeness (QED) is 0.0525. The van der Waals surface area contributed by atoms with E-state index in [0.29, 0.717) is 89.3 Å². The van der Waals surface area contributed by atoms with Gasteiger partial charge < -0.3 is 28.2 Å². The molecule has 18 heteroatoms. The van der Waals surface area contributed by atoms with Crippen molar-refractivity contribution in [2.75, 3.05) is 84.8 Å². The van der Waals surface area contributed by atoms with Crippen molar-refractivity contribution in [2.24, 2.45) is 0 Å². The summed E-state index contributed by atoms with van der Waals surface area (Å²) < 4.78 is 23.5. The summed E-state index contributed by atoms with van der Waals surface area (Å²) in [6, 6.07) is 16.1. The number of aryl methyl sites for hydroxylation is 5. The van der Waals surface area contributed by atoms with E-state index in [1.165, 1.54) is 0 Å². The highest BCUT2D eigenvalue weighted by atomic mass is 35.5. The number of fused-ring (bicyclic) bond motifs is 4. The summed E-state index contributed by atoms with van der Waals surface area (Å²) in [6.07, 6.45) is 5.02. The van der Waals surface area contributed by atoms with Crippen molar-refractivity contribution >= 4 is 62.5 Å². The fourth-order valence-corrected chi connectivity index (χ4v) is 11.2. The van der Waals surface area contributed by atoms with E-state index in [-0.39, 0.29) is 17.9 Å². The van der Waals surface area contributed by atoms with Crippen LogP contribution < -0.4 is 9.64 Å². The van der Waals surface area contributed by atoms with Crippen LogP contribution in [0.1, 0.15) is 63.8 Å². The molecular weight excluding hydrogens is 954 g/mol. The monoisotopic (exact) mass is 1020 g/mol. The maximum Gasteiger partial charge on any atom is 0.276 e. The number of ether oxygens (including phenoxy) is 3. The number of alkyl halides is 1. The molecule has 2 fully saturated rings. The molecule has 378 valence electrons. The molecular formula is C54H63Cl2N11O5. The molecule has 0 saturated carbocycles. The van der Waals surface area contributed by atoms with Crippen molar-refractivity contribution in [1.29, 1.82) is 0 Å². The van der Waals surface area contributed by atoms with Gasteiger partial charge in [0.1, 0.15) is 29.1 Å². The van der Waals surface area contributed by atoms with Crippen LogP contribution in [0.3, 0.4) is 0 Å². The number of hydrogen-bond donors (Lipinski definition) is 0. The zero-order valence-corrected chi connectivity index (χ0v) is 43.8. The Kier molecular flexibility index (Phi) is 14.4. The summed E-state index contributed by atoms with van der Waals surface area (Å²) in [5.41, 5.74) is 9.60. The van der Waals surface area contributed by atoms with Crippen LogP contribution in [0, 0.1) is 27.7 Å². The first kappa shape index (κ1) is 49.7. The molecule has 16 nitrogen and oxygen atoms in total. The first-order valence-corrected chi connectivity index (χ1v) is 25.8. The van der Waals surface area contributed by atoms with Gasteiger partial charge in [-0.2, -0.15) is 5.10 Å². The SMILES string of the molecule is COCCn1cnc(-c2ccc3c(c2)c(N2C(=O)c4c(CCCOc5cc(C)c(Cl)c(C)c5)c5cccc(-c6c(C)nc(CN7CCN(C)C(=O)C7)nc6C)c5n4C(C)[C@H]2Cl)cn3CCN2CCOCC2)n1. The highest BCUT2D eigenvalue weighted by molar-refractivity contribution is 6.32. The Morgan fingerprint density at radius 2 is 1.64 bits per heavy atom. The minimum absolute atomic E-state index is 0.0897. The van der Waals surface area contributed by atoms with E-state index >= 15 is 4.79 Å². The topological polar surface area (TPSA) is 141 Å². The lowest BCUT2D eigenvalue weighted by Crippen LogP contribution is -2.48. The molecule has 0 N–H and O–H groups in total. The predicted molar refractivity (Wildman–Crippen MR) is 281 cm³/mol. The van der Waals surface area contributed by atoms with Gasteiger partial charge in [0.2, 0.25) is 5.91 Å². The van der Waals surface area contributed by atoms with E-state index in [1.807, 2.05) is 52.9 Å². The van der Waals surface area contributed by atoms with Gasteiger partial charge in [-0.3, -0.25) is 29.0 Å². The Morgan fingerprint density at radius 1 is 0.875 bits per heavy atom. The normalized spacial score (nSPS) is 18.0. The Morgan fingerprint density at radius 3 is 2.38 bits per heavy atom. The predicted octanol–water partition coefficient (Wildman–Crippen LogP) is 8.25. The van der Waals surface area contributed by atoms with E-state index in [2.05, 4.69) is 67.4 Å². The molecule has 0 aliphatic carbocycles. The highest BCUT2D eigenvalue weighted by Gasteiger charge is 2.42. The largest absolute Gasteiger partial charge is 0.494 e. The molecule has 72 heavy (non-hydrogen) atoms. The Balaban J connectivity index is 1.07. The summed E-state index contributed by atoms with van der Waals surface area (Å²) in [7, 11) is 3.51. The van der Waals surface area contributed by atoms with Gasteiger partial charge in [0, 0.05) is 103 Å². The number of piperazine rings is 1. The number of halogens is 2. The van der Waals surface area contributed by atoms with Crippen LogP contribution in [-0.2, 0) is 40.3 Å². The van der Waals surface area contributed by atoms with Crippen LogP contribution in [0.5, 0.6) is 5.75 Å². The molecule has 2 atom stereocenters. The third-order valence-electron chi connectivity index (χ3n) is 14.5. The van der Waals surface area contributed by atoms with Crippen molar-refractivity contribution in [1.82, 2.24) is 48.6 Å². The lowest BCUT2D eigenvalue weighted by Gasteiger charge is -2.38. The fourth-order valence-electron chi connectivity index (χ4n) is 10.7. The number of carbonyl (C=O) groups excluding carboxylic acids is 2. The summed E-state index contributed by atoms with van der Waals surface area (Å²) in [5.74, 6) is 1.92. The van der Waals surface area contributed by atoms with E-state index in [0.717, 1.165) is 109 Å². The standard InChI is InChI=1S/C54H63Cl2N11O5/c1-33-26-39(27-34(2)49(33)55)72-22-9-12-41-40-10-8-11-42(48-35(3)58-46(59-36(48)4)30-63-16-15-61(6)47(68)31-63)50(40)66-37(5)52(56)67(54(69)51(41)66)45-29-64(18-17-62-19-24-71-25-20-62)44-14-13-38(28-43(44)45)53-57-32-65(60-53)21-23-70-7/h8,10-11,13-14,26-29,32,37,52H,9,12,15-25,30-31H2,1-7H3/t37?,52-/m0/s1. The molecule has 1 unspecified atom stereocenters. The average molecular weight is 1020 g/mol. The number of hydrogen-bond acceptors (Lipinski definition) is 11. The van der Waals surface area contributed by atoms with Gasteiger partial charge in [0.15, 0.2) is 5.82 Å². The number of anilines is 1. The van der Waals surface area contributed by atoms with Crippen LogP contribution in [0.25, 0.3) is 44.3 Å². The molecule has 2 saturated heterocycles. The Hall–Kier alpha value is -5.88. The fraction of sp³-hybridized carbons (Fsp3) is 0.444. The van der Waals surface area contributed by atoms with Crippen molar-refractivity contribution in [3.8, 4) is 28.3 Å². The second kappa shape index (κ2) is 20.9. The van der Waals surface area contributed by atoms with Crippen molar-refractivity contribution in [3.05, 3.63) is 106 Å². The Bertz CT molecular complexity index is 3130. The molecule has 2 amide bonds. The Labute approximate surface area is 430 Å². The molecule has 10 rings (SSSR count). The van der Waals surface area contributed by atoms with Crippen LogP contribution in [-0.4, -0.2) is 146 Å². The number of likely N-dealkylation sites (N-methyl/N-ethyl adjacent to an activating group) is 1. The second-order valence-corrected chi connectivity index (χ2v) is 20.3. The maximum absolute atomic E-state index is 15.9. The zero-order chi connectivity index (χ0) is 50.4. The second-order valence-electron chi connectivity index (χ2n) is 19.4. The van der Waals surface area contributed by atoms with Gasteiger partial charge in [0.05, 0.1) is 68.8 Å². The summed E-state index contributed by atoms with van der Waals surface area (Å²) >= 11 is 14.3. The van der Waals surface area contributed by atoms with Crippen LogP contribution in [0.2, 0.25) is 5.02 Å². The minimum Gasteiger partial charge on any atom is -0.494 e. The van der Waals surface area contributed by atoms with Crippen LogP contribution >= 0.6 is 23.2 Å². The van der Waals surface area contributed by atoms with Crippen LogP contribution in [0.15, 0.2) is 61.1 Å². The molecule has 7 heterocycles. The number of carbonyl (C=O) groups is 2. The van der Waals surface area contributed by atoms with Gasteiger partial charge in [-0.1, -0.05) is 41.4 Å². The van der Waals surface area contributed by atoms with E-state index in [1.54, 1.807) is 27.9 Å². The van der Waals surface area contributed by atoms with Gasteiger partial charge in [-0.15, -0.1) is 0 Å². The molecule has 3 aliphatic heterocycles. The molecule has 0 spiro atoms. The number of nitrogens with zero attached hydrogens (tertiary/aromatic N) is 11. The smallest absolute Gasteiger partial charge is 0.276 e. The lowest BCUT2D eigenvalue weighted by molar-refractivity contribution is -0.134. The molecule has 7 aromatic rings. The van der Waals surface area contributed by atoms with Gasteiger partial charge in [0.25, 0.3) is 5.91 Å². The molecule has 0 radical (unpaired) electrons. The lowest BCUT2D eigenvalue weighted by atomic mass is 9.97. The molecule has 0 bridgehead atoms. The zero-order valence-electron chi connectivity index (χ0n) is 42.3. The molecule has 3 aliphatic rings.